The van der Waals surface area contributed by atoms with Crippen molar-refractivity contribution in [3.8, 4) is 47.4 Å². The van der Waals surface area contributed by atoms with Crippen LogP contribution in [0.1, 0.15) is 66.8 Å². The Morgan fingerprint density at radius 1 is 0.241 bits per heavy atom. The first-order valence-electron chi connectivity index (χ1n) is 15.2. The molecule has 0 unspecified atom stereocenters. The van der Waals surface area contributed by atoms with Gasteiger partial charge in [-0.3, -0.25) is 0 Å². The second kappa shape index (κ2) is 15.2. The molecule has 270 valence electrons. The molecule has 0 aromatic heterocycles. The van der Waals surface area contributed by atoms with Gasteiger partial charge >= 0.3 is 24.7 Å². The van der Waals surface area contributed by atoms with E-state index in [0.717, 1.165) is 97.1 Å². The van der Waals surface area contributed by atoms with E-state index in [1.807, 2.05) is 0 Å². The van der Waals surface area contributed by atoms with Gasteiger partial charge in [0.15, 0.2) is 0 Å². The number of halogens is 12. The lowest BCUT2D eigenvalue weighted by atomic mass is 9.97. The molecule has 54 heavy (non-hydrogen) atoms. The molecular weight excluding hydrogens is 732 g/mol. The molecule has 0 saturated carbocycles. The number of hydrogen-bond donors (Lipinski definition) is 0. The average molecular weight is 751 g/mol. The SMILES string of the molecule is FC(F)(F)c1ccc(C#Cc2cc(C#Cc3ccc(C(F)(F)F)cc3)c(C#Cc3ccc(C(F)(F)F)cc3)cc2C#Cc2ccc(C(F)(F)F)cc2)cc1. The summed E-state index contributed by atoms with van der Waals surface area (Å²) in [7, 11) is 0. The predicted molar refractivity (Wildman–Crippen MR) is 176 cm³/mol. The molecule has 5 rings (SSSR count). The fourth-order valence-corrected chi connectivity index (χ4v) is 4.54. The van der Waals surface area contributed by atoms with Crippen molar-refractivity contribution in [1.29, 1.82) is 0 Å². The normalized spacial score (nSPS) is 11.5. The molecule has 0 radical (unpaired) electrons. The van der Waals surface area contributed by atoms with Crippen molar-refractivity contribution < 1.29 is 52.7 Å². The monoisotopic (exact) mass is 750 g/mol. The number of alkyl halides is 12. The third-order valence-corrected chi connectivity index (χ3v) is 7.37. The summed E-state index contributed by atoms with van der Waals surface area (Å²) in [5.74, 6) is 22.1. The molecule has 0 bridgehead atoms. The van der Waals surface area contributed by atoms with Gasteiger partial charge in [0, 0.05) is 44.5 Å². The lowest BCUT2D eigenvalue weighted by Crippen LogP contribution is -2.04. The van der Waals surface area contributed by atoms with Crippen LogP contribution in [0.15, 0.2) is 109 Å². The van der Waals surface area contributed by atoms with Gasteiger partial charge < -0.3 is 0 Å². The maximum atomic E-state index is 13.1. The first kappa shape index (κ1) is 38.7. The van der Waals surface area contributed by atoms with Crippen molar-refractivity contribution in [2.45, 2.75) is 24.7 Å². The van der Waals surface area contributed by atoms with E-state index in [2.05, 4.69) is 47.4 Å². The molecule has 0 saturated heterocycles. The Kier molecular flexibility index (Phi) is 10.9. The van der Waals surface area contributed by atoms with Gasteiger partial charge in [-0.2, -0.15) is 52.7 Å². The number of hydrogen-bond acceptors (Lipinski definition) is 0. The Morgan fingerprint density at radius 2 is 0.407 bits per heavy atom. The topological polar surface area (TPSA) is 0 Å². The predicted octanol–water partition coefficient (Wildman–Crippen LogP) is 11.4. The molecular formula is C42H18F12. The fraction of sp³-hybridized carbons (Fsp3) is 0.0952. The maximum absolute atomic E-state index is 13.1. The maximum Gasteiger partial charge on any atom is 0.416 e. The van der Waals surface area contributed by atoms with Gasteiger partial charge in [0.25, 0.3) is 0 Å². The van der Waals surface area contributed by atoms with Crippen molar-refractivity contribution in [2.75, 3.05) is 0 Å². The third kappa shape index (κ3) is 10.3. The van der Waals surface area contributed by atoms with Gasteiger partial charge in [-0.05, 0) is 109 Å². The summed E-state index contributed by atoms with van der Waals surface area (Å²) in [6.07, 6.45) is -18.4. The Morgan fingerprint density at radius 3 is 0.556 bits per heavy atom. The van der Waals surface area contributed by atoms with Crippen molar-refractivity contribution in [1.82, 2.24) is 0 Å². The Labute approximate surface area is 300 Å². The van der Waals surface area contributed by atoms with Crippen molar-refractivity contribution >= 4 is 0 Å². The molecule has 5 aromatic carbocycles. The zero-order valence-electron chi connectivity index (χ0n) is 26.9. The second-order valence-electron chi connectivity index (χ2n) is 11.2. The molecule has 0 fully saturated rings. The third-order valence-electron chi connectivity index (χ3n) is 7.37. The summed E-state index contributed by atoms with van der Waals surface area (Å²) in [4.78, 5) is 0. The quantitative estimate of drug-likeness (QED) is 0.109. The van der Waals surface area contributed by atoms with Crippen LogP contribution in [0.3, 0.4) is 0 Å². The van der Waals surface area contributed by atoms with E-state index in [1.54, 1.807) is 0 Å². The van der Waals surface area contributed by atoms with Crippen LogP contribution >= 0.6 is 0 Å². The molecule has 0 spiro atoms. The molecule has 0 heterocycles. The number of rotatable bonds is 0. The highest BCUT2D eigenvalue weighted by atomic mass is 19.4. The van der Waals surface area contributed by atoms with Crippen LogP contribution in [0, 0.1) is 47.4 Å². The van der Waals surface area contributed by atoms with E-state index in [1.165, 1.54) is 12.1 Å². The summed E-state index contributed by atoms with van der Waals surface area (Å²) in [6.45, 7) is 0. The molecule has 0 atom stereocenters. The number of benzene rings is 5. The van der Waals surface area contributed by atoms with Crippen LogP contribution in [0.4, 0.5) is 52.7 Å². The molecule has 0 aliphatic carbocycles. The van der Waals surface area contributed by atoms with Crippen LogP contribution in [0.5, 0.6) is 0 Å². The highest BCUT2D eigenvalue weighted by Crippen LogP contribution is 2.32. The van der Waals surface area contributed by atoms with Crippen molar-refractivity contribution in [3.05, 3.63) is 176 Å². The summed E-state index contributed by atoms with van der Waals surface area (Å²) in [5.41, 5.74) is -2.36. The van der Waals surface area contributed by atoms with Crippen LogP contribution in [0.25, 0.3) is 0 Å². The smallest absolute Gasteiger partial charge is 0.166 e. The van der Waals surface area contributed by atoms with Gasteiger partial charge in [-0.1, -0.05) is 47.4 Å². The summed E-state index contributed by atoms with van der Waals surface area (Å²) >= 11 is 0. The zero-order valence-corrected chi connectivity index (χ0v) is 26.9. The highest BCUT2D eigenvalue weighted by Gasteiger charge is 2.32. The van der Waals surface area contributed by atoms with Gasteiger partial charge in [-0.15, -0.1) is 0 Å². The summed E-state index contributed by atoms with van der Waals surface area (Å²) < 4.78 is 157. The van der Waals surface area contributed by atoms with E-state index in [9.17, 15) is 52.7 Å². The first-order valence-corrected chi connectivity index (χ1v) is 15.2. The van der Waals surface area contributed by atoms with Gasteiger partial charge in [0.1, 0.15) is 0 Å². The largest absolute Gasteiger partial charge is 0.416 e. The van der Waals surface area contributed by atoms with Crippen molar-refractivity contribution in [2.24, 2.45) is 0 Å². The van der Waals surface area contributed by atoms with E-state index < -0.39 is 47.0 Å². The lowest BCUT2D eigenvalue weighted by Gasteiger charge is -2.06. The second-order valence-corrected chi connectivity index (χ2v) is 11.2. The Hall–Kier alpha value is -6.50. The molecule has 0 amide bonds. The zero-order chi connectivity index (χ0) is 39.3. The van der Waals surface area contributed by atoms with Crippen molar-refractivity contribution in [3.63, 3.8) is 0 Å². The highest BCUT2D eigenvalue weighted by molar-refractivity contribution is 5.64. The standard InChI is InChI=1S/C42H18F12/c43-39(44,45)35-17-5-27(6-18-35)1-13-31-25-33(15-3-29-9-21-37(22-10-29)41(49,50)51)34(16-4-30-11-23-38(24-12-30)42(52,53)54)26-32(31)14-2-28-7-19-36(20-8-28)40(46,47)48/h5-12,17-26H. The Balaban J connectivity index is 1.66. The molecule has 12 heteroatoms. The van der Waals surface area contributed by atoms with Crippen LogP contribution in [0.2, 0.25) is 0 Å². The minimum absolute atomic E-state index is 0.145. The van der Waals surface area contributed by atoms with Crippen LogP contribution < -0.4 is 0 Å². The average Bonchev–Trinajstić information content (AvgIpc) is 3.11. The molecule has 0 aliphatic heterocycles. The molecule has 0 aliphatic rings. The lowest BCUT2D eigenvalue weighted by molar-refractivity contribution is -0.138. The minimum Gasteiger partial charge on any atom is -0.166 e. The van der Waals surface area contributed by atoms with Gasteiger partial charge in [0.2, 0.25) is 0 Å². The summed E-state index contributed by atoms with van der Waals surface area (Å²) in [6, 6.07) is 18.5. The van der Waals surface area contributed by atoms with E-state index in [0.29, 0.717) is 0 Å². The van der Waals surface area contributed by atoms with Gasteiger partial charge in [-0.25, -0.2) is 0 Å². The fourth-order valence-electron chi connectivity index (χ4n) is 4.54. The molecule has 5 aromatic rings. The molecule has 0 N–H and O–H groups in total. The summed E-state index contributed by atoms with van der Waals surface area (Å²) in [5, 5.41) is 0. The van der Waals surface area contributed by atoms with Crippen LogP contribution in [-0.2, 0) is 24.7 Å². The van der Waals surface area contributed by atoms with E-state index in [4.69, 9.17) is 0 Å². The van der Waals surface area contributed by atoms with E-state index >= 15 is 0 Å². The molecule has 0 nitrogen and oxygen atoms in total. The minimum atomic E-state index is -4.59. The first-order chi connectivity index (χ1) is 25.3. The van der Waals surface area contributed by atoms with Gasteiger partial charge in [0.05, 0.1) is 22.3 Å². The van der Waals surface area contributed by atoms with Crippen LogP contribution in [-0.4, -0.2) is 0 Å². The Bertz CT molecular complexity index is 2050. The van der Waals surface area contributed by atoms with E-state index in [-0.39, 0.29) is 44.5 Å².